The summed E-state index contributed by atoms with van der Waals surface area (Å²) in [4.78, 5) is 25.2. The fraction of sp³-hybridized carbons (Fsp3) is 0.529. The number of carbonyl (C=O) groups is 2. The zero-order valence-corrected chi connectivity index (χ0v) is 15.2. The highest BCUT2D eigenvalue weighted by Crippen LogP contribution is 2.14. The van der Waals surface area contributed by atoms with Crippen LogP contribution in [0.15, 0.2) is 24.3 Å². The largest absolute Gasteiger partial charge is 0.336 e. The van der Waals surface area contributed by atoms with Gasteiger partial charge >= 0.3 is 0 Å². The standard InChI is InChI=1S/C17H27N3O2.ClH/c1-5-6-16(18)17(22)19-15-9-7-14(8-10-15)11-20(12(2)3)13(4)21;/h7-10,12,16H,5-6,11,18H2,1-4H3,(H,19,22);1H. The zero-order valence-electron chi connectivity index (χ0n) is 14.3. The van der Waals surface area contributed by atoms with Gasteiger partial charge in [0.2, 0.25) is 11.8 Å². The molecule has 1 aromatic carbocycles. The van der Waals surface area contributed by atoms with Crippen LogP contribution in [-0.2, 0) is 16.1 Å². The minimum absolute atomic E-state index is 0. The van der Waals surface area contributed by atoms with Crippen molar-refractivity contribution in [1.82, 2.24) is 4.90 Å². The first-order valence-electron chi connectivity index (χ1n) is 7.77. The summed E-state index contributed by atoms with van der Waals surface area (Å²) in [6, 6.07) is 7.19. The van der Waals surface area contributed by atoms with E-state index in [-0.39, 0.29) is 30.3 Å². The fourth-order valence-corrected chi connectivity index (χ4v) is 2.22. The van der Waals surface area contributed by atoms with Gasteiger partial charge in [-0.25, -0.2) is 0 Å². The molecule has 5 nitrogen and oxygen atoms in total. The van der Waals surface area contributed by atoms with Gasteiger partial charge in [-0.3, -0.25) is 9.59 Å². The Hall–Kier alpha value is -1.59. The van der Waals surface area contributed by atoms with Crippen molar-refractivity contribution in [3.05, 3.63) is 29.8 Å². The number of carbonyl (C=O) groups excluding carboxylic acids is 2. The van der Waals surface area contributed by atoms with E-state index in [1.807, 2.05) is 45.0 Å². The molecule has 1 atom stereocenters. The Morgan fingerprint density at radius 2 is 1.78 bits per heavy atom. The maximum absolute atomic E-state index is 11.9. The van der Waals surface area contributed by atoms with Crippen LogP contribution < -0.4 is 11.1 Å². The lowest BCUT2D eigenvalue weighted by molar-refractivity contribution is -0.131. The molecule has 0 saturated carbocycles. The molecule has 2 amide bonds. The van der Waals surface area contributed by atoms with Crippen LogP contribution in [0.1, 0.15) is 46.1 Å². The second-order valence-corrected chi connectivity index (χ2v) is 5.82. The van der Waals surface area contributed by atoms with Gasteiger partial charge in [-0.2, -0.15) is 0 Å². The molecule has 0 spiro atoms. The number of hydrogen-bond donors (Lipinski definition) is 2. The van der Waals surface area contributed by atoms with E-state index < -0.39 is 6.04 Å². The number of anilines is 1. The third kappa shape index (κ3) is 7.01. The Balaban J connectivity index is 0.00000484. The summed E-state index contributed by atoms with van der Waals surface area (Å²) in [6.45, 7) is 8.12. The van der Waals surface area contributed by atoms with Gasteiger partial charge in [0.15, 0.2) is 0 Å². The molecule has 0 fully saturated rings. The lowest BCUT2D eigenvalue weighted by Gasteiger charge is -2.25. The van der Waals surface area contributed by atoms with Gasteiger partial charge in [0.05, 0.1) is 6.04 Å². The van der Waals surface area contributed by atoms with Gasteiger partial charge in [0.25, 0.3) is 0 Å². The summed E-state index contributed by atoms with van der Waals surface area (Å²) in [7, 11) is 0. The van der Waals surface area contributed by atoms with Gasteiger partial charge < -0.3 is 16.0 Å². The van der Waals surface area contributed by atoms with Crippen molar-refractivity contribution in [3.8, 4) is 0 Å². The lowest BCUT2D eigenvalue weighted by Crippen LogP contribution is -2.35. The number of nitrogens with one attached hydrogen (secondary N) is 1. The normalized spacial score (nSPS) is 11.6. The molecule has 1 aromatic rings. The molecular formula is C17H28ClN3O2. The van der Waals surface area contributed by atoms with Crippen molar-refractivity contribution >= 4 is 29.9 Å². The summed E-state index contributed by atoms with van der Waals surface area (Å²) in [5.74, 6) is -0.111. The fourth-order valence-electron chi connectivity index (χ4n) is 2.22. The van der Waals surface area contributed by atoms with Gasteiger partial charge in [-0.1, -0.05) is 25.5 Å². The molecule has 0 aliphatic carbocycles. The SMILES string of the molecule is CCCC(N)C(=O)Nc1ccc(CN(C(C)=O)C(C)C)cc1.Cl. The molecular weight excluding hydrogens is 314 g/mol. The number of rotatable bonds is 7. The summed E-state index contributed by atoms with van der Waals surface area (Å²) < 4.78 is 0. The maximum Gasteiger partial charge on any atom is 0.241 e. The molecule has 3 N–H and O–H groups in total. The third-order valence-corrected chi connectivity index (χ3v) is 3.54. The second-order valence-electron chi connectivity index (χ2n) is 5.82. The van der Waals surface area contributed by atoms with E-state index in [4.69, 9.17) is 5.73 Å². The van der Waals surface area contributed by atoms with Crippen LogP contribution in [0.25, 0.3) is 0 Å². The molecule has 0 aliphatic rings. The quantitative estimate of drug-likeness (QED) is 0.800. The number of nitrogens with two attached hydrogens (primary N) is 1. The van der Waals surface area contributed by atoms with Crippen LogP contribution in [0.4, 0.5) is 5.69 Å². The second kappa shape index (κ2) is 10.2. The number of benzene rings is 1. The monoisotopic (exact) mass is 341 g/mol. The Morgan fingerprint density at radius 1 is 1.22 bits per heavy atom. The third-order valence-electron chi connectivity index (χ3n) is 3.54. The molecule has 0 aliphatic heterocycles. The predicted octanol–water partition coefficient (Wildman–Crippen LogP) is 2.93. The highest BCUT2D eigenvalue weighted by atomic mass is 35.5. The van der Waals surface area contributed by atoms with Gasteiger partial charge in [-0.15, -0.1) is 12.4 Å². The Morgan fingerprint density at radius 3 is 2.22 bits per heavy atom. The van der Waals surface area contributed by atoms with Crippen molar-refractivity contribution in [2.45, 2.75) is 59.2 Å². The van der Waals surface area contributed by atoms with E-state index in [9.17, 15) is 9.59 Å². The highest BCUT2D eigenvalue weighted by molar-refractivity contribution is 5.94. The first-order valence-corrected chi connectivity index (χ1v) is 7.77. The Kier molecular flexibility index (Phi) is 9.53. The number of amides is 2. The molecule has 0 radical (unpaired) electrons. The summed E-state index contributed by atoms with van der Waals surface area (Å²) in [6.07, 6.45) is 1.55. The first-order chi connectivity index (χ1) is 10.3. The molecule has 1 rings (SSSR count). The molecule has 130 valence electrons. The Labute approximate surface area is 145 Å². The average molecular weight is 342 g/mol. The van der Waals surface area contributed by atoms with E-state index >= 15 is 0 Å². The van der Waals surface area contributed by atoms with E-state index in [1.165, 1.54) is 0 Å². The molecule has 6 heteroatoms. The number of halogens is 1. The van der Waals surface area contributed by atoms with Gasteiger partial charge in [0, 0.05) is 25.2 Å². The van der Waals surface area contributed by atoms with E-state index in [1.54, 1.807) is 11.8 Å². The lowest BCUT2D eigenvalue weighted by atomic mass is 10.1. The van der Waals surface area contributed by atoms with Crippen LogP contribution in [0, 0.1) is 0 Å². The minimum Gasteiger partial charge on any atom is -0.336 e. The van der Waals surface area contributed by atoms with Crippen LogP contribution in [0.2, 0.25) is 0 Å². The van der Waals surface area contributed by atoms with Crippen molar-refractivity contribution in [2.24, 2.45) is 5.73 Å². The van der Waals surface area contributed by atoms with Crippen LogP contribution in [0.3, 0.4) is 0 Å². The maximum atomic E-state index is 11.9. The molecule has 0 aromatic heterocycles. The summed E-state index contributed by atoms with van der Waals surface area (Å²) in [5.41, 5.74) is 7.53. The van der Waals surface area contributed by atoms with E-state index in [0.717, 1.165) is 17.7 Å². The minimum atomic E-state index is -0.473. The molecule has 0 saturated heterocycles. The van der Waals surface area contributed by atoms with Gasteiger partial charge in [-0.05, 0) is 38.0 Å². The molecule has 0 bridgehead atoms. The number of hydrogen-bond acceptors (Lipinski definition) is 3. The highest BCUT2D eigenvalue weighted by Gasteiger charge is 2.14. The van der Waals surface area contributed by atoms with Crippen molar-refractivity contribution in [3.63, 3.8) is 0 Å². The van der Waals surface area contributed by atoms with Crippen molar-refractivity contribution < 1.29 is 9.59 Å². The molecule has 0 heterocycles. The first kappa shape index (κ1) is 21.4. The number of nitrogens with zero attached hydrogens (tertiary/aromatic N) is 1. The van der Waals surface area contributed by atoms with Crippen LogP contribution in [-0.4, -0.2) is 28.8 Å². The van der Waals surface area contributed by atoms with Gasteiger partial charge in [0.1, 0.15) is 0 Å². The summed E-state index contributed by atoms with van der Waals surface area (Å²) >= 11 is 0. The average Bonchev–Trinajstić information content (AvgIpc) is 2.45. The van der Waals surface area contributed by atoms with Crippen molar-refractivity contribution in [1.29, 1.82) is 0 Å². The summed E-state index contributed by atoms with van der Waals surface area (Å²) in [5, 5.41) is 2.81. The smallest absolute Gasteiger partial charge is 0.241 e. The van der Waals surface area contributed by atoms with Crippen LogP contribution >= 0.6 is 12.4 Å². The topological polar surface area (TPSA) is 75.4 Å². The zero-order chi connectivity index (χ0) is 16.7. The molecule has 1 unspecified atom stereocenters. The van der Waals surface area contributed by atoms with Crippen molar-refractivity contribution in [2.75, 3.05) is 5.32 Å². The molecule has 23 heavy (non-hydrogen) atoms. The predicted molar refractivity (Wildman–Crippen MR) is 96.6 cm³/mol. The van der Waals surface area contributed by atoms with Crippen LogP contribution in [0.5, 0.6) is 0 Å². The Bertz CT molecular complexity index is 503. The van der Waals surface area contributed by atoms with E-state index in [2.05, 4.69) is 5.32 Å². The van der Waals surface area contributed by atoms with E-state index in [0.29, 0.717) is 13.0 Å².